The number of amides is 1. The molecule has 0 saturated carbocycles. The lowest BCUT2D eigenvalue weighted by atomic mass is 9.90. The first-order valence-corrected chi connectivity index (χ1v) is 12.5. The molecule has 3 heterocycles. The van der Waals surface area contributed by atoms with E-state index in [1.807, 2.05) is 37.3 Å². The monoisotopic (exact) mass is 503 g/mol. The number of aromatic nitrogens is 4. The quantitative estimate of drug-likeness (QED) is 0.435. The zero-order valence-corrected chi connectivity index (χ0v) is 21.0. The van der Waals surface area contributed by atoms with Gasteiger partial charge in [0.2, 0.25) is 5.91 Å². The maximum atomic E-state index is 14.4. The molecule has 2 aromatic heterocycles. The molecule has 0 radical (unpaired) electrons. The van der Waals surface area contributed by atoms with Crippen LogP contribution in [-0.4, -0.2) is 53.9 Å². The van der Waals surface area contributed by atoms with Crippen LogP contribution in [0, 0.1) is 5.82 Å². The number of carbonyl (C=O) groups is 1. The third-order valence-corrected chi connectivity index (χ3v) is 7.30. The average molecular weight is 504 g/mol. The fourth-order valence-electron chi connectivity index (χ4n) is 5.10. The molecule has 1 N–H and O–H groups in total. The highest BCUT2D eigenvalue weighted by Crippen LogP contribution is 2.29. The maximum absolute atomic E-state index is 14.4. The van der Waals surface area contributed by atoms with Gasteiger partial charge in [-0.3, -0.25) is 18.8 Å². The molecule has 1 fully saturated rings. The van der Waals surface area contributed by atoms with Crippen molar-refractivity contribution in [3.05, 3.63) is 82.7 Å². The second kappa shape index (κ2) is 9.89. The van der Waals surface area contributed by atoms with Crippen LogP contribution < -0.4 is 5.56 Å². The Hall–Kier alpha value is -3.85. The first-order chi connectivity index (χ1) is 17.8. The van der Waals surface area contributed by atoms with Gasteiger partial charge < -0.3 is 10.0 Å². The summed E-state index contributed by atoms with van der Waals surface area (Å²) in [6.45, 7) is 2.92. The van der Waals surface area contributed by atoms with Crippen molar-refractivity contribution in [2.24, 2.45) is 7.05 Å². The normalized spacial score (nSPS) is 16.2. The van der Waals surface area contributed by atoms with Crippen molar-refractivity contribution in [3.63, 3.8) is 0 Å². The molecule has 5 rings (SSSR count). The van der Waals surface area contributed by atoms with E-state index in [2.05, 4.69) is 10.1 Å². The molecule has 0 bridgehead atoms. The number of hydrogen-bond acceptors (Lipinski definition) is 5. The summed E-state index contributed by atoms with van der Waals surface area (Å²) >= 11 is 0. The topological polar surface area (TPSA) is 93.2 Å². The van der Waals surface area contributed by atoms with E-state index >= 15 is 0 Å². The van der Waals surface area contributed by atoms with Crippen molar-refractivity contribution in [2.75, 3.05) is 13.1 Å². The van der Waals surface area contributed by atoms with E-state index in [1.165, 1.54) is 21.6 Å². The molecule has 1 atom stereocenters. The Morgan fingerprint density at radius 3 is 2.46 bits per heavy atom. The maximum Gasteiger partial charge on any atom is 0.281 e. The number of piperidine rings is 1. The fourth-order valence-corrected chi connectivity index (χ4v) is 5.10. The summed E-state index contributed by atoms with van der Waals surface area (Å²) in [4.78, 5) is 32.3. The van der Waals surface area contributed by atoms with Crippen LogP contribution >= 0.6 is 0 Å². The van der Waals surface area contributed by atoms with E-state index in [0.29, 0.717) is 49.1 Å². The number of halogens is 1. The Kier molecular flexibility index (Phi) is 6.64. The zero-order valence-electron chi connectivity index (χ0n) is 21.0. The lowest BCUT2D eigenvalue weighted by Gasteiger charge is -2.38. The Bertz CT molecular complexity index is 1490. The standard InChI is InChI=1S/C28H30FN5O3/c1-19(20-8-4-3-5-9-20)16-23(35)33-14-12-28(37,13-15-33)17-34-18-30-24-25(27(34)36)31-32(2)26(24)21-10-6-7-11-22(21)29/h3-11,18-19,37H,12-17H2,1-2H3/t19-/m1/s1. The average Bonchev–Trinajstić information content (AvgIpc) is 3.23. The van der Waals surface area contributed by atoms with Gasteiger partial charge in [-0.1, -0.05) is 49.4 Å². The lowest BCUT2D eigenvalue weighted by Crippen LogP contribution is -2.49. The van der Waals surface area contributed by atoms with Gasteiger partial charge in [0.15, 0.2) is 5.52 Å². The van der Waals surface area contributed by atoms with Gasteiger partial charge in [0, 0.05) is 32.1 Å². The van der Waals surface area contributed by atoms with E-state index in [1.54, 1.807) is 30.1 Å². The van der Waals surface area contributed by atoms with E-state index in [4.69, 9.17) is 0 Å². The SMILES string of the molecule is C[C@H](CC(=O)N1CCC(O)(Cn2cnc3c(-c4ccccc4F)n(C)nc3c2=O)CC1)c1ccccc1. The highest BCUT2D eigenvalue weighted by molar-refractivity contribution is 5.89. The van der Waals surface area contributed by atoms with Crippen LogP contribution in [0.4, 0.5) is 4.39 Å². The molecule has 37 heavy (non-hydrogen) atoms. The molecule has 0 spiro atoms. The van der Waals surface area contributed by atoms with E-state index in [0.717, 1.165) is 5.56 Å². The molecule has 192 valence electrons. The van der Waals surface area contributed by atoms with Gasteiger partial charge in [-0.2, -0.15) is 5.10 Å². The lowest BCUT2D eigenvalue weighted by molar-refractivity contribution is -0.136. The van der Waals surface area contributed by atoms with Crippen molar-refractivity contribution in [3.8, 4) is 11.3 Å². The number of aliphatic hydroxyl groups is 1. The molecular formula is C28H30FN5O3. The van der Waals surface area contributed by atoms with Gasteiger partial charge in [-0.25, -0.2) is 9.37 Å². The highest BCUT2D eigenvalue weighted by atomic mass is 19.1. The van der Waals surface area contributed by atoms with Crippen LogP contribution in [0.15, 0.2) is 65.7 Å². The Morgan fingerprint density at radius 1 is 1.08 bits per heavy atom. The molecule has 0 unspecified atom stereocenters. The van der Waals surface area contributed by atoms with Crippen molar-refractivity contribution in [1.82, 2.24) is 24.2 Å². The number of hydrogen-bond donors (Lipinski definition) is 1. The first kappa shape index (κ1) is 24.8. The fraction of sp³-hybridized carbons (Fsp3) is 0.357. The van der Waals surface area contributed by atoms with Crippen LogP contribution in [0.5, 0.6) is 0 Å². The van der Waals surface area contributed by atoms with Gasteiger partial charge in [-0.05, 0) is 36.5 Å². The Balaban J connectivity index is 1.29. The third-order valence-electron chi connectivity index (χ3n) is 7.30. The van der Waals surface area contributed by atoms with Crippen molar-refractivity contribution in [1.29, 1.82) is 0 Å². The predicted molar refractivity (Wildman–Crippen MR) is 138 cm³/mol. The van der Waals surface area contributed by atoms with E-state index in [9.17, 15) is 19.1 Å². The molecule has 9 heteroatoms. The van der Waals surface area contributed by atoms with Crippen molar-refractivity contribution < 1.29 is 14.3 Å². The molecule has 0 aliphatic carbocycles. The second-order valence-corrected chi connectivity index (χ2v) is 9.95. The summed E-state index contributed by atoms with van der Waals surface area (Å²) in [6, 6.07) is 16.2. The number of rotatable bonds is 6. The van der Waals surface area contributed by atoms with E-state index in [-0.39, 0.29) is 23.9 Å². The number of aryl methyl sites for hydroxylation is 1. The van der Waals surface area contributed by atoms with Crippen molar-refractivity contribution >= 4 is 16.9 Å². The molecule has 1 aliphatic heterocycles. The molecule has 8 nitrogen and oxygen atoms in total. The van der Waals surface area contributed by atoms with Crippen LogP contribution in [0.25, 0.3) is 22.3 Å². The van der Waals surface area contributed by atoms with E-state index < -0.39 is 17.0 Å². The van der Waals surface area contributed by atoms with Gasteiger partial charge in [0.1, 0.15) is 11.3 Å². The number of nitrogens with zero attached hydrogens (tertiary/aromatic N) is 5. The Morgan fingerprint density at radius 2 is 1.76 bits per heavy atom. The zero-order chi connectivity index (χ0) is 26.2. The van der Waals surface area contributed by atoms with Gasteiger partial charge in [-0.15, -0.1) is 0 Å². The van der Waals surface area contributed by atoms with Gasteiger partial charge >= 0.3 is 0 Å². The smallest absolute Gasteiger partial charge is 0.281 e. The Labute approximate surface area is 214 Å². The largest absolute Gasteiger partial charge is 0.388 e. The summed E-state index contributed by atoms with van der Waals surface area (Å²) in [7, 11) is 1.64. The van der Waals surface area contributed by atoms with Gasteiger partial charge in [0.25, 0.3) is 5.56 Å². The highest BCUT2D eigenvalue weighted by Gasteiger charge is 2.35. The van der Waals surface area contributed by atoms with Crippen LogP contribution in [0.1, 0.15) is 37.7 Å². The molecular weight excluding hydrogens is 473 g/mol. The number of carbonyl (C=O) groups excluding carboxylic acids is 1. The van der Waals surface area contributed by atoms with Crippen molar-refractivity contribution in [2.45, 2.75) is 44.2 Å². The van der Waals surface area contributed by atoms with Crippen LogP contribution in [0.3, 0.4) is 0 Å². The number of likely N-dealkylation sites (tertiary alicyclic amines) is 1. The summed E-state index contributed by atoms with van der Waals surface area (Å²) in [5, 5.41) is 15.6. The predicted octanol–water partition coefficient (Wildman–Crippen LogP) is 3.48. The minimum Gasteiger partial charge on any atom is -0.388 e. The molecule has 4 aromatic rings. The second-order valence-electron chi connectivity index (χ2n) is 9.95. The molecule has 1 saturated heterocycles. The van der Waals surface area contributed by atoms with Gasteiger partial charge in [0.05, 0.1) is 24.2 Å². The summed E-state index contributed by atoms with van der Waals surface area (Å²) in [6.07, 6.45) is 2.50. The summed E-state index contributed by atoms with van der Waals surface area (Å²) in [5.74, 6) is -0.251. The first-order valence-electron chi connectivity index (χ1n) is 12.5. The summed E-state index contributed by atoms with van der Waals surface area (Å²) in [5.41, 5.74) is 0.751. The molecule has 1 aliphatic rings. The minimum absolute atomic E-state index is 0.0445. The number of benzene rings is 2. The number of fused-ring (bicyclic) bond motifs is 1. The van der Waals surface area contributed by atoms with Crippen LogP contribution in [-0.2, 0) is 18.4 Å². The van der Waals surface area contributed by atoms with Crippen LogP contribution in [0.2, 0.25) is 0 Å². The minimum atomic E-state index is -1.15. The molecule has 2 aromatic carbocycles. The third kappa shape index (κ3) is 4.91. The molecule has 1 amide bonds. The summed E-state index contributed by atoms with van der Waals surface area (Å²) < 4.78 is 17.2.